The molecule has 1 fully saturated rings. The summed E-state index contributed by atoms with van der Waals surface area (Å²) in [5.74, 6) is 0.434. The first-order valence-electron chi connectivity index (χ1n) is 8.74. The quantitative estimate of drug-likeness (QED) is 0.753. The first kappa shape index (κ1) is 17.5. The third-order valence-electron chi connectivity index (χ3n) is 4.64. The lowest BCUT2D eigenvalue weighted by Crippen LogP contribution is -2.19. The number of hydrogen-bond acceptors (Lipinski definition) is 4. The minimum atomic E-state index is -3.07. The minimum absolute atomic E-state index is 0.0388. The van der Waals surface area contributed by atoms with Crippen LogP contribution >= 0.6 is 0 Å². The molecular weight excluding hydrogens is 362 g/mol. The Kier molecular flexibility index (Phi) is 4.53. The van der Waals surface area contributed by atoms with Gasteiger partial charge in [0.15, 0.2) is 9.84 Å². The van der Waals surface area contributed by atoms with Crippen LogP contribution in [-0.4, -0.2) is 35.6 Å². The molecule has 2 aromatic carbocycles. The molecule has 0 aliphatic carbocycles. The molecule has 1 saturated heterocycles. The maximum Gasteiger partial charge on any atom is 0.256 e. The van der Waals surface area contributed by atoms with Gasteiger partial charge in [-0.1, -0.05) is 48.5 Å². The topological polar surface area (TPSA) is 81.1 Å². The second-order valence-electron chi connectivity index (χ2n) is 6.60. The number of carbonyl (C=O) groups excluding carboxylic acids is 1. The largest absolute Gasteiger partial charge is 0.307 e. The number of nitrogens with one attached hydrogen (secondary N) is 1. The van der Waals surface area contributed by atoms with Gasteiger partial charge in [0.2, 0.25) is 0 Å². The van der Waals surface area contributed by atoms with Crippen molar-refractivity contribution in [3.05, 3.63) is 72.3 Å². The Balaban J connectivity index is 1.70. The second-order valence-corrected chi connectivity index (χ2v) is 8.83. The highest BCUT2D eigenvalue weighted by Gasteiger charge is 2.31. The molecule has 7 heteroatoms. The predicted octanol–water partition coefficient (Wildman–Crippen LogP) is 3.16. The van der Waals surface area contributed by atoms with E-state index < -0.39 is 9.84 Å². The minimum Gasteiger partial charge on any atom is -0.307 e. The van der Waals surface area contributed by atoms with Crippen molar-refractivity contribution in [3.8, 4) is 11.3 Å². The van der Waals surface area contributed by atoms with Crippen LogP contribution in [0.2, 0.25) is 0 Å². The number of benzene rings is 2. The van der Waals surface area contributed by atoms with Crippen LogP contribution in [0.4, 0.5) is 5.82 Å². The van der Waals surface area contributed by atoms with Crippen LogP contribution in [0.5, 0.6) is 0 Å². The van der Waals surface area contributed by atoms with Crippen molar-refractivity contribution in [2.45, 2.75) is 12.5 Å². The summed E-state index contributed by atoms with van der Waals surface area (Å²) < 4.78 is 25.5. The van der Waals surface area contributed by atoms with E-state index >= 15 is 0 Å². The monoisotopic (exact) mass is 381 g/mol. The number of nitrogens with zero attached hydrogens (tertiary/aromatic N) is 2. The summed E-state index contributed by atoms with van der Waals surface area (Å²) in [5.41, 5.74) is 2.14. The van der Waals surface area contributed by atoms with Gasteiger partial charge >= 0.3 is 0 Å². The molecule has 1 N–H and O–H groups in total. The van der Waals surface area contributed by atoms with Crippen molar-refractivity contribution in [1.82, 2.24) is 9.78 Å². The number of amides is 1. The van der Waals surface area contributed by atoms with Crippen LogP contribution in [0.25, 0.3) is 11.3 Å². The fourth-order valence-electron chi connectivity index (χ4n) is 3.26. The average Bonchev–Trinajstić information content (AvgIpc) is 3.26. The zero-order valence-electron chi connectivity index (χ0n) is 14.6. The maximum absolute atomic E-state index is 12.6. The molecule has 3 aromatic rings. The maximum atomic E-state index is 12.6. The van der Waals surface area contributed by atoms with Crippen LogP contribution < -0.4 is 5.32 Å². The molecule has 1 aromatic heterocycles. The molecule has 4 rings (SSSR count). The molecule has 1 aliphatic heterocycles. The Morgan fingerprint density at radius 1 is 1.04 bits per heavy atom. The van der Waals surface area contributed by atoms with Gasteiger partial charge in [-0.15, -0.1) is 0 Å². The molecule has 0 saturated carbocycles. The van der Waals surface area contributed by atoms with E-state index in [9.17, 15) is 13.2 Å². The lowest BCUT2D eigenvalue weighted by atomic mass is 10.1. The van der Waals surface area contributed by atoms with Crippen LogP contribution in [-0.2, 0) is 9.84 Å². The Hall–Kier alpha value is -2.93. The molecule has 1 atom stereocenters. The summed E-state index contributed by atoms with van der Waals surface area (Å²) in [5, 5.41) is 7.50. The first-order valence-corrected chi connectivity index (χ1v) is 10.6. The third kappa shape index (κ3) is 3.78. The molecular formula is C20H19N3O3S. The number of anilines is 1. The van der Waals surface area contributed by atoms with Crippen molar-refractivity contribution in [2.24, 2.45) is 0 Å². The van der Waals surface area contributed by atoms with Crippen LogP contribution in [0, 0.1) is 0 Å². The lowest BCUT2D eigenvalue weighted by Gasteiger charge is -2.13. The van der Waals surface area contributed by atoms with Gasteiger partial charge in [-0.25, -0.2) is 13.1 Å². The highest BCUT2D eigenvalue weighted by Crippen LogP contribution is 2.30. The van der Waals surface area contributed by atoms with E-state index in [1.165, 1.54) is 0 Å². The van der Waals surface area contributed by atoms with Crippen LogP contribution in [0.3, 0.4) is 0 Å². The first-order chi connectivity index (χ1) is 13.0. The Labute approximate surface area is 157 Å². The zero-order chi connectivity index (χ0) is 18.9. The SMILES string of the molecule is O=C(Nc1cc(-c2ccccc2)nn1[C@H]1CCS(=O)(=O)C1)c1ccccc1. The van der Waals surface area contributed by atoms with Crippen molar-refractivity contribution in [3.63, 3.8) is 0 Å². The van der Waals surface area contributed by atoms with Gasteiger partial charge in [0.25, 0.3) is 5.91 Å². The Morgan fingerprint density at radius 3 is 2.33 bits per heavy atom. The highest BCUT2D eigenvalue weighted by atomic mass is 32.2. The predicted molar refractivity (Wildman–Crippen MR) is 104 cm³/mol. The molecule has 1 amide bonds. The van der Waals surface area contributed by atoms with E-state index in [1.807, 2.05) is 36.4 Å². The van der Waals surface area contributed by atoms with E-state index in [2.05, 4.69) is 10.4 Å². The van der Waals surface area contributed by atoms with Crippen molar-refractivity contribution < 1.29 is 13.2 Å². The van der Waals surface area contributed by atoms with Crippen LogP contribution in [0.15, 0.2) is 66.7 Å². The molecule has 0 spiro atoms. The molecule has 138 valence electrons. The molecule has 0 radical (unpaired) electrons. The van der Waals surface area contributed by atoms with Crippen molar-refractivity contribution in [2.75, 3.05) is 16.8 Å². The Morgan fingerprint density at radius 2 is 1.70 bits per heavy atom. The standard InChI is InChI=1S/C20H19N3O3S/c24-20(16-9-5-2-6-10-16)21-19-13-18(15-7-3-1-4-8-15)22-23(19)17-11-12-27(25,26)14-17/h1-10,13,17H,11-12,14H2,(H,21,24)/t17-/m0/s1. The van der Waals surface area contributed by atoms with Crippen LogP contribution in [0.1, 0.15) is 22.8 Å². The van der Waals surface area contributed by atoms with Gasteiger partial charge in [-0.05, 0) is 18.6 Å². The summed E-state index contributed by atoms with van der Waals surface area (Å²) in [7, 11) is -3.07. The molecule has 6 nitrogen and oxygen atoms in total. The fraction of sp³-hybridized carbons (Fsp3) is 0.200. The smallest absolute Gasteiger partial charge is 0.256 e. The Bertz CT molecular complexity index is 1060. The molecule has 0 unspecified atom stereocenters. The molecule has 0 bridgehead atoms. The average molecular weight is 381 g/mol. The lowest BCUT2D eigenvalue weighted by molar-refractivity contribution is 0.102. The van der Waals surface area contributed by atoms with Gasteiger partial charge < -0.3 is 5.32 Å². The van der Waals surface area contributed by atoms with E-state index in [1.54, 1.807) is 35.0 Å². The molecule has 1 aliphatic rings. The number of hydrogen-bond donors (Lipinski definition) is 1. The summed E-state index contributed by atoms with van der Waals surface area (Å²) in [6.07, 6.45) is 0.493. The third-order valence-corrected chi connectivity index (χ3v) is 6.39. The number of aromatic nitrogens is 2. The van der Waals surface area contributed by atoms with E-state index in [0.29, 0.717) is 23.5 Å². The molecule has 27 heavy (non-hydrogen) atoms. The van der Waals surface area contributed by atoms with E-state index in [-0.39, 0.29) is 23.5 Å². The summed E-state index contributed by atoms with van der Waals surface area (Å²) in [6, 6.07) is 20.0. The van der Waals surface area contributed by atoms with Gasteiger partial charge in [0, 0.05) is 17.2 Å². The zero-order valence-corrected chi connectivity index (χ0v) is 15.4. The highest BCUT2D eigenvalue weighted by molar-refractivity contribution is 7.91. The normalized spacial score (nSPS) is 18.3. The number of sulfone groups is 1. The second kappa shape index (κ2) is 7.00. The fourth-order valence-corrected chi connectivity index (χ4v) is 4.95. The summed E-state index contributed by atoms with van der Waals surface area (Å²) in [4.78, 5) is 12.6. The van der Waals surface area contributed by atoms with E-state index in [0.717, 1.165) is 5.56 Å². The van der Waals surface area contributed by atoms with Gasteiger partial charge in [-0.3, -0.25) is 4.79 Å². The summed E-state index contributed by atoms with van der Waals surface area (Å²) >= 11 is 0. The van der Waals surface area contributed by atoms with Crippen molar-refractivity contribution >= 4 is 21.6 Å². The van der Waals surface area contributed by atoms with Gasteiger partial charge in [-0.2, -0.15) is 5.10 Å². The molecule has 2 heterocycles. The summed E-state index contributed by atoms with van der Waals surface area (Å²) in [6.45, 7) is 0. The van der Waals surface area contributed by atoms with Crippen molar-refractivity contribution in [1.29, 1.82) is 0 Å². The number of rotatable bonds is 4. The van der Waals surface area contributed by atoms with Gasteiger partial charge in [0.05, 0.1) is 23.2 Å². The van der Waals surface area contributed by atoms with Gasteiger partial charge in [0.1, 0.15) is 5.82 Å². The van der Waals surface area contributed by atoms with E-state index in [4.69, 9.17) is 0 Å². The number of carbonyl (C=O) groups is 1.